The van der Waals surface area contributed by atoms with Gasteiger partial charge >= 0.3 is 0 Å². The zero-order chi connectivity index (χ0) is 13.8. The summed E-state index contributed by atoms with van der Waals surface area (Å²) in [5.41, 5.74) is 2.29. The van der Waals surface area contributed by atoms with Crippen molar-refractivity contribution < 1.29 is 4.79 Å². The van der Waals surface area contributed by atoms with Crippen LogP contribution in [-0.4, -0.2) is 12.2 Å². The van der Waals surface area contributed by atoms with E-state index in [0.717, 1.165) is 16.1 Å². The predicted octanol–water partition coefficient (Wildman–Crippen LogP) is 4.62. The minimum atomic E-state index is -0.191. The molecule has 0 fully saturated rings. The zero-order valence-electron chi connectivity index (χ0n) is 10.7. The van der Waals surface area contributed by atoms with Crippen molar-refractivity contribution in [2.24, 2.45) is 0 Å². The quantitative estimate of drug-likeness (QED) is 0.836. The number of carbonyl (C=O) groups is 1. The Bertz CT molecular complexity index is 613. The number of hydrogen-bond donors (Lipinski definition) is 1. The first-order chi connectivity index (χ1) is 9.10. The van der Waals surface area contributed by atoms with E-state index in [1.54, 1.807) is 23.9 Å². The second-order valence-corrected chi connectivity index (χ2v) is 5.46. The van der Waals surface area contributed by atoms with Gasteiger partial charge in [-0.05, 0) is 49.1 Å². The van der Waals surface area contributed by atoms with Crippen molar-refractivity contribution in [3.63, 3.8) is 0 Å². The van der Waals surface area contributed by atoms with Gasteiger partial charge in [0, 0.05) is 10.6 Å². The summed E-state index contributed by atoms with van der Waals surface area (Å²) in [4.78, 5) is 13.2. The summed E-state index contributed by atoms with van der Waals surface area (Å²) in [5.74, 6) is -0.191. The molecule has 98 valence electrons. The Labute approximate surface area is 122 Å². The molecule has 0 spiro atoms. The summed E-state index contributed by atoms with van der Waals surface area (Å²) in [6.07, 6.45) is 2.00. The van der Waals surface area contributed by atoms with Crippen molar-refractivity contribution >= 4 is 35.0 Å². The van der Waals surface area contributed by atoms with Crippen LogP contribution in [0.1, 0.15) is 15.9 Å². The van der Waals surface area contributed by atoms with Gasteiger partial charge in [-0.25, -0.2) is 0 Å². The third-order valence-electron chi connectivity index (χ3n) is 2.70. The van der Waals surface area contributed by atoms with Gasteiger partial charge in [0.15, 0.2) is 0 Å². The number of halogens is 1. The Morgan fingerprint density at radius 1 is 1.21 bits per heavy atom. The standard InChI is InChI=1S/C15H14ClNOS/c1-10-6-7-13(14(16)8-10)15(18)17-11-4-3-5-12(9-11)19-2/h3-9H,1-2H3,(H,17,18). The largest absolute Gasteiger partial charge is 0.322 e. The predicted molar refractivity (Wildman–Crippen MR) is 82.4 cm³/mol. The average molecular weight is 292 g/mol. The number of aryl methyl sites for hydroxylation is 1. The Kier molecular flexibility index (Phi) is 4.51. The fourth-order valence-corrected chi connectivity index (χ4v) is 2.48. The second-order valence-electron chi connectivity index (χ2n) is 4.17. The molecule has 0 saturated heterocycles. The molecular weight excluding hydrogens is 278 g/mol. The summed E-state index contributed by atoms with van der Waals surface area (Å²) in [6.45, 7) is 1.94. The van der Waals surface area contributed by atoms with Gasteiger partial charge in [0.2, 0.25) is 0 Å². The lowest BCUT2D eigenvalue weighted by atomic mass is 10.1. The zero-order valence-corrected chi connectivity index (χ0v) is 12.3. The number of anilines is 1. The van der Waals surface area contributed by atoms with Crippen molar-refractivity contribution in [1.29, 1.82) is 0 Å². The van der Waals surface area contributed by atoms with Gasteiger partial charge < -0.3 is 5.32 Å². The van der Waals surface area contributed by atoms with Gasteiger partial charge in [-0.3, -0.25) is 4.79 Å². The van der Waals surface area contributed by atoms with Gasteiger partial charge in [0.1, 0.15) is 0 Å². The molecule has 0 radical (unpaired) electrons. The highest BCUT2D eigenvalue weighted by molar-refractivity contribution is 7.98. The summed E-state index contributed by atoms with van der Waals surface area (Å²) in [5, 5.41) is 3.33. The Morgan fingerprint density at radius 3 is 2.68 bits per heavy atom. The summed E-state index contributed by atoms with van der Waals surface area (Å²) in [7, 11) is 0. The Hall–Kier alpha value is -1.45. The maximum atomic E-state index is 12.1. The van der Waals surface area contributed by atoms with E-state index in [4.69, 9.17) is 11.6 Å². The van der Waals surface area contributed by atoms with Crippen LogP contribution in [-0.2, 0) is 0 Å². The molecular formula is C15H14ClNOS. The van der Waals surface area contributed by atoms with Crippen LogP contribution in [0.3, 0.4) is 0 Å². The molecule has 2 nitrogen and oxygen atoms in total. The van der Waals surface area contributed by atoms with E-state index >= 15 is 0 Å². The van der Waals surface area contributed by atoms with E-state index in [1.165, 1.54) is 0 Å². The van der Waals surface area contributed by atoms with Crippen LogP contribution in [0.5, 0.6) is 0 Å². The number of benzene rings is 2. The fraction of sp³-hybridized carbons (Fsp3) is 0.133. The van der Waals surface area contributed by atoms with Crippen LogP contribution in [0.4, 0.5) is 5.69 Å². The summed E-state index contributed by atoms with van der Waals surface area (Å²) < 4.78 is 0. The van der Waals surface area contributed by atoms with Gasteiger partial charge in [-0.2, -0.15) is 0 Å². The van der Waals surface area contributed by atoms with Crippen LogP contribution in [0, 0.1) is 6.92 Å². The molecule has 19 heavy (non-hydrogen) atoms. The van der Waals surface area contributed by atoms with Crippen molar-refractivity contribution in [3.05, 3.63) is 58.6 Å². The molecule has 0 bridgehead atoms. The van der Waals surface area contributed by atoms with Gasteiger partial charge in [-0.1, -0.05) is 23.7 Å². The van der Waals surface area contributed by atoms with E-state index in [2.05, 4.69) is 5.32 Å². The molecule has 2 aromatic carbocycles. The highest BCUT2D eigenvalue weighted by Gasteiger charge is 2.10. The first kappa shape index (κ1) is 14.0. The van der Waals surface area contributed by atoms with Gasteiger partial charge in [0.05, 0.1) is 10.6 Å². The molecule has 4 heteroatoms. The van der Waals surface area contributed by atoms with Gasteiger partial charge in [-0.15, -0.1) is 11.8 Å². The van der Waals surface area contributed by atoms with Crippen LogP contribution < -0.4 is 5.32 Å². The SMILES string of the molecule is CSc1cccc(NC(=O)c2ccc(C)cc2Cl)c1. The molecule has 0 heterocycles. The minimum Gasteiger partial charge on any atom is -0.322 e. The lowest BCUT2D eigenvalue weighted by molar-refractivity contribution is 0.102. The van der Waals surface area contributed by atoms with Crippen LogP contribution >= 0.6 is 23.4 Å². The summed E-state index contributed by atoms with van der Waals surface area (Å²) in [6, 6.07) is 13.1. The molecule has 0 aliphatic rings. The summed E-state index contributed by atoms with van der Waals surface area (Å²) >= 11 is 7.72. The second kappa shape index (κ2) is 6.13. The lowest BCUT2D eigenvalue weighted by Crippen LogP contribution is -2.12. The Balaban J connectivity index is 2.20. The number of amides is 1. The molecule has 0 unspecified atom stereocenters. The van der Waals surface area contributed by atoms with Crippen LogP contribution in [0.2, 0.25) is 5.02 Å². The van der Waals surface area contributed by atoms with Crippen molar-refractivity contribution in [2.75, 3.05) is 11.6 Å². The maximum Gasteiger partial charge on any atom is 0.257 e. The van der Waals surface area contributed by atoms with Crippen molar-refractivity contribution in [3.8, 4) is 0 Å². The maximum absolute atomic E-state index is 12.1. The number of rotatable bonds is 3. The van der Waals surface area contributed by atoms with Crippen molar-refractivity contribution in [1.82, 2.24) is 0 Å². The number of carbonyl (C=O) groups excluding carboxylic acids is 1. The van der Waals surface area contributed by atoms with E-state index in [0.29, 0.717) is 10.6 Å². The van der Waals surface area contributed by atoms with Gasteiger partial charge in [0.25, 0.3) is 5.91 Å². The smallest absolute Gasteiger partial charge is 0.257 e. The monoisotopic (exact) mass is 291 g/mol. The van der Waals surface area contributed by atoms with E-state index in [1.807, 2.05) is 43.5 Å². The normalized spacial score (nSPS) is 10.3. The van der Waals surface area contributed by atoms with E-state index in [9.17, 15) is 4.79 Å². The molecule has 0 aliphatic carbocycles. The van der Waals surface area contributed by atoms with E-state index in [-0.39, 0.29) is 5.91 Å². The molecule has 2 aromatic rings. The lowest BCUT2D eigenvalue weighted by Gasteiger charge is -2.08. The van der Waals surface area contributed by atoms with Crippen LogP contribution in [0.25, 0.3) is 0 Å². The molecule has 2 rings (SSSR count). The average Bonchev–Trinajstić information content (AvgIpc) is 2.38. The first-order valence-electron chi connectivity index (χ1n) is 5.81. The Morgan fingerprint density at radius 2 is 2.00 bits per heavy atom. The number of nitrogens with one attached hydrogen (secondary N) is 1. The fourth-order valence-electron chi connectivity index (χ4n) is 1.70. The molecule has 1 amide bonds. The highest BCUT2D eigenvalue weighted by atomic mass is 35.5. The molecule has 1 N–H and O–H groups in total. The number of hydrogen-bond acceptors (Lipinski definition) is 2. The molecule has 0 aromatic heterocycles. The number of thioether (sulfide) groups is 1. The minimum absolute atomic E-state index is 0.191. The van der Waals surface area contributed by atoms with Crippen LogP contribution in [0.15, 0.2) is 47.4 Å². The third-order valence-corrected chi connectivity index (χ3v) is 3.73. The molecule has 0 atom stereocenters. The molecule has 0 saturated carbocycles. The van der Waals surface area contributed by atoms with Crippen molar-refractivity contribution in [2.45, 2.75) is 11.8 Å². The first-order valence-corrected chi connectivity index (χ1v) is 7.42. The topological polar surface area (TPSA) is 29.1 Å². The molecule has 0 aliphatic heterocycles. The highest BCUT2D eigenvalue weighted by Crippen LogP contribution is 2.22. The third kappa shape index (κ3) is 3.52. The van der Waals surface area contributed by atoms with E-state index < -0.39 is 0 Å².